The summed E-state index contributed by atoms with van der Waals surface area (Å²) in [4.78, 5) is 11.8. The lowest BCUT2D eigenvalue weighted by atomic mass is 10.2. The summed E-state index contributed by atoms with van der Waals surface area (Å²) in [6.07, 6.45) is 0. The smallest absolute Gasteiger partial charge is 0.262 e. The lowest BCUT2D eigenvalue weighted by Gasteiger charge is -2.10. The summed E-state index contributed by atoms with van der Waals surface area (Å²) >= 11 is 5.83. The molecule has 1 amide bonds. The first-order valence-corrected chi connectivity index (χ1v) is 6.58. The fourth-order valence-corrected chi connectivity index (χ4v) is 1.87. The molecule has 0 saturated carbocycles. The van der Waals surface area contributed by atoms with E-state index in [-0.39, 0.29) is 12.5 Å². The maximum atomic E-state index is 11.8. The van der Waals surface area contributed by atoms with Gasteiger partial charge in [0.25, 0.3) is 5.91 Å². The average Bonchev–Trinajstić information content (AvgIpc) is 2.47. The molecule has 0 aliphatic rings. The molecule has 0 radical (unpaired) electrons. The van der Waals surface area contributed by atoms with Crippen molar-refractivity contribution in [2.75, 3.05) is 24.8 Å². The number of ether oxygens (including phenoxy) is 2. The van der Waals surface area contributed by atoms with Crippen LogP contribution in [0.1, 0.15) is 0 Å². The molecule has 5 nitrogen and oxygen atoms in total. The van der Waals surface area contributed by atoms with Gasteiger partial charge in [0.2, 0.25) is 0 Å². The van der Waals surface area contributed by atoms with E-state index >= 15 is 0 Å². The number of halogens is 1. The molecular formula is C15H15ClN2O3. The molecule has 0 atom stereocenters. The quantitative estimate of drug-likeness (QED) is 0.833. The summed E-state index contributed by atoms with van der Waals surface area (Å²) in [7, 11) is 1.51. The van der Waals surface area contributed by atoms with Gasteiger partial charge in [0, 0.05) is 16.8 Å². The molecule has 2 rings (SSSR count). The van der Waals surface area contributed by atoms with Crippen LogP contribution in [0.15, 0.2) is 42.5 Å². The first-order valence-electron chi connectivity index (χ1n) is 6.20. The van der Waals surface area contributed by atoms with Crippen LogP contribution in [-0.2, 0) is 4.79 Å². The minimum atomic E-state index is -0.290. The van der Waals surface area contributed by atoms with Gasteiger partial charge in [-0.25, -0.2) is 0 Å². The van der Waals surface area contributed by atoms with Crippen molar-refractivity contribution in [1.29, 1.82) is 0 Å². The molecule has 0 aliphatic carbocycles. The minimum Gasteiger partial charge on any atom is -0.495 e. The normalized spacial score (nSPS) is 10.0. The molecule has 2 aromatic carbocycles. The standard InChI is InChI=1S/C15H15ClN2O3/c1-20-14-8-11(5-6-13(14)17)18-15(19)9-21-12-4-2-3-10(16)7-12/h2-8H,9,17H2,1H3,(H,18,19). The number of hydrogen-bond donors (Lipinski definition) is 2. The summed E-state index contributed by atoms with van der Waals surface area (Å²) < 4.78 is 10.4. The van der Waals surface area contributed by atoms with Gasteiger partial charge in [-0.2, -0.15) is 0 Å². The van der Waals surface area contributed by atoms with Crippen molar-refractivity contribution in [3.63, 3.8) is 0 Å². The summed E-state index contributed by atoms with van der Waals surface area (Å²) in [5, 5.41) is 3.25. The van der Waals surface area contributed by atoms with Crippen LogP contribution in [0.3, 0.4) is 0 Å². The first-order chi connectivity index (χ1) is 10.1. The Morgan fingerprint density at radius 3 is 2.81 bits per heavy atom. The predicted molar refractivity (Wildman–Crippen MR) is 83.0 cm³/mol. The molecule has 0 spiro atoms. The fraction of sp³-hybridized carbons (Fsp3) is 0.133. The second kappa shape index (κ2) is 6.85. The third-order valence-corrected chi connectivity index (χ3v) is 2.92. The Bertz CT molecular complexity index is 647. The number of benzene rings is 2. The summed E-state index contributed by atoms with van der Waals surface area (Å²) in [5.41, 5.74) is 6.79. The van der Waals surface area contributed by atoms with Crippen LogP contribution in [0.25, 0.3) is 0 Å². The molecule has 0 saturated heterocycles. The van der Waals surface area contributed by atoms with E-state index in [1.165, 1.54) is 7.11 Å². The largest absolute Gasteiger partial charge is 0.495 e. The van der Waals surface area contributed by atoms with Crippen LogP contribution >= 0.6 is 11.6 Å². The molecule has 21 heavy (non-hydrogen) atoms. The van der Waals surface area contributed by atoms with Crippen LogP contribution in [0, 0.1) is 0 Å². The average molecular weight is 307 g/mol. The van der Waals surface area contributed by atoms with Gasteiger partial charge in [0.1, 0.15) is 11.5 Å². The first kappa shape index (κ1) is 15.0. The van der Waals surface area contributed by atoms with Gasteiger partial charge in [-0.1, -0.05) is 17.7 Å². The molecule has 0 aromatic heterocycles. The molecule has 0 aliphatic heterocycles. The highest BCUT2D eigenvalue weighted by Crippen LogP contribution is 2.25. The van der Waals surface area contributed by atoms with E-state index in [0.717, 1.165) is 0 Å². The van der Waals surface area contributed by atoms with Crippen molar-refractivity contribution in [1.82, 2.24) is 0 Å². The van der Waals surface area contributed by atoms with Crippen LogP contribution in [0.2, 0.25) is 5.02 Å². The van der Waals surface area contributed by atoms with E-state index in [9.17, 15) is 4.79 Å². The van der Waals surface area contributed by atoms with Crippen molar-refractivity contribution in [3.8, 4) is 11.5 Å². The van der Waals surface area contributed by atoms with Crippen molar-refractivity contribution in [2.45, 2.75) is 0 Å². The van der Waals surface area contributed by atoms with Crippen LogP contribution in [0.5, 0.6) is 11.5 Å². The molecule has 110 valence electrons. The maximum absolute atomic E-state index is 11.8. The Hall–Kier alpha value is -2.40. The number of rotatable bonds is 5. The number of carbonyl (C=O) groups excluding carboxylic acids is 1. The molecule has 2 aromatic rings. The molecule has 6 heteroatoms. The van der Waals surface area contributed by atoms with Gasteiger partial charge in [0.15, 0.2) is 6.61 Å². The van der Waals surface area contributed by atoms with E-state index in [2.05, 4.69) is 5.32 Å². The molecule has 0 unspecified atom stereocenters. The Labute approximate surface area is 127 Å². The summed E-state index contributed by atoms with van der Waals surface area (Å²) in [5.74, 6) is 0.748. The van der Waals surface area contributed by atoms with Gasteiger partial charge >= 0.3 is 0 Å². The Kier molecular flexibility index (Phi) is 4.90. The van der Waals surface area contributed by atoms with Crippen LogP contribution in [0.4, 0.5) is 11.4 Å². The fourth-order valence-electron chi connectivity index (χ4n) is 1.69. The maximum Gasteiger partial charge on any atom is 0.262 e. The Morgan fingerprint density at radius 1 is 1.29 bits per heavy atom. The zero-order chi connectivity index (χ0) is 15.2. The summed E-state index contributed by atoms with van der Waals surface area (Å²) in [6, 6.07) is 11.8. The number of nitrogen functional groups attached to an aromatic ring is 1. The topological polar surface area (TPSA) is 73.6 Å². The van der Waals surface area contributed by atoms with Gasteiger partial charge in [-0.15, -0.1) is 0 Å². The number of carbonyl (C=O) groups is 1. The van der Waals surface area contributed by atoms with E-state index in [4.69, 9.17) is 26.8 Å². The lowest BCUT2D eigenvalue weighted by Crippen LogP contribution is -2.20. The van der Waals surface area contributed by atoms with Crippen molar-refractivity contribution >= 4 is 28.9 Å². The molecule has 0 bridgehead atoms. The lowest BCUT2D eigenvalue weighted by molar-refractivity contribution is -0.118. The van der Waals surface area contributed by atoms with Gasteiger partial charge < -0.3 is 20.5 Å². The van der Waals surface area contributed by atoms with Crippen molar-refractivity contribution in [2.24, 2.45) is 0 Å². The monoisotopic (exact) mass is 306 g/mol. The molecular weight excluding hydrogens is 292 g/mol. The summed E-state index contributed by atoms with van der Waals surface area (Å²) in [6.45, 7) is -0.118. The number of anilines is 2. The highest BCUT2D eigenvalue weighted by molar-refractivity contribution is 6.30. The Balaban J connectivity index is 1.93. The zero-order valence-electron chi connectivity index (χ0n) is 11.4. The second-order valence-corrected chi connectivity index (χ2v) is 4.69. The highest BCUT2D eigenvalue weighted by Gasteiger charge is 2.06. The number of amides is 1. The Morgan fingerprint density at radius 2 is 2.10 bits per heavy atom. The van der Waals surface area contributed by atoms with Gasteiger partial charge in [-0.05, 0) is 30.3 Å². The third kappa shape index (κ3) is 4.29. The molecule has 3 N–H and O–H groups in total. The van der Waals surface area contributed by atoms with Crippen molar-refractivity contribution in [3.05, 3.63) is 47.5 Å². The highest BCUT2D eigenvalue weighted by atomic mass is 35.5. The van der Waals surface area contributed by atoms with E-state index < -0.39 is 0 Å². The SMILES string of the molecule is COc1cc(NC(=O)COc2cccc(Cl)c2)ccc1N. The number of nitrogens with one attached hydrogen (secondary N) is 1. The zero-order valence-corrected chi connectivity index (χ0v) is 12.2. The number of methoxy groups -OCH3 is 1. The molecule has 0 heterocycles. The van der Waals surface area contributed by atoms with E-state index in [1.807, 2.05) is 0 Å². The van der Waals surface area contributed by atoms with Gasteiger partial charge in [-0.3, -0.25) is 4.79 Å². The van der Waals surface area contributed by atoms with E-state index in [1.54, 1.807) is 42.5 Å². The van der Waals surface area contributed by atoms with Gasteiger partial charge in [0.05, 0.1) is 12.8 Å². The predicted octanol–water partition coefficient (Wildman–Crippen LogP) is 2.95. The van der Waals surface area contributed by atoms with Crippen LogP contribution in [-0.4, -0.2) is 19.6 Å². The van der Waals surface area contributed by atoms with E-state index in [0.29, 0.717) is 27.9 Å². The minimum absolute atomic E-state index is 0.118. The second-order valence-electron chi connectivity index (χ2n) is 4.25. The third-order valence-electron chi connectivity index (χ3n) is 2.68. The van der Waals surface area contributed by atoms with Crippen molar-refractivity contribution < 1.29 is 14.3 Å². The number of hydrogen-bond acceptors (Lipinski definition) is 4. The van der Waals surface area contributed by atoms with Crippen LogP contribution < -0.4 is 20.5 Å². The number of nitrogens with two attached hydrogens (primary N) is 1. The molecule has 0 fully saturated rings.